The van der Waals surface area contributed by atoms with Gasteiger partial charge in [0.1, 0.15) is 5.75 Å². The molecular weight excluding hydrogens is 326 g/mol. The Hall–Kier alpha value is -3.21. The maximum absolute atomic E-state index is 11.9. The number of aryl methyl sites for hydroxylation is 1. The fraction of sp³-hybridized carbons (Fsp3) is 0.190. The molecule has 0 saturated heterocycles. The highest BCUT2D eigenvalue weighted by molar-refractivity contribution is 5.77. The Labute approximate surface area is 153 Å². The van der Waals surface area contributed by atoms with Crippen LogP contribution >= 0.6 is 0 Å². The van der Waals surface area contributed by atoms with Crippen LogP contribution in [0.2, 0.25) is 0 Å². The average Bonchev–Trinajstić information content (AvgIpc) is 2.68. The molecule has 0 aliphatic carbocycles. The van der Waals surface area contributed by atoms with Crippen LogP contribution in [0, 0.1) is 6.92 Å². The molecule has 0 radical (unpaired) electrons. The van der Waals surface area contributed by atoms with E-state index < -0.39 is 0 Å². The van der Waals surface area contributed by atoms with Crippen molar-refractivity contribution in [3.8, 4) is 17.1 Å². The molecule has 1 aromatic heterocycles. The maximum Gasteiger partial charge on any atom is 0.257 e. The van der Waals surface area contributed by atoms with Gasteiger partial charge in [-0.1, -0.05) is 42.5 Å². The Morgan fingerprint density at radius 3 is 2.54 bits per heavy atom. The minimum atomic E-state index is -0.145. The first-order valence-corrected chi connectivity index (χ1v) is 8.53. The lowest BCUT2D eigenvalue weighted by Crippen LogP contribution is -2.30. The Kier molecular flexibility index (Phi) is 5.93. The molecule has 0 atom stereocenters. The van der Waals surface area contributed by atoms with Crippen molar-refractivity contribution in [3.05, 3.63) is 78.1 Å². The summed E-state index contributed by atoms with van der Waals surface area (Å²) in [6, 6.07) is 17.5. The van der Waals surface area contributed by atoms with Gasteiger partial charge in [-0.25, -0.2) is 9.97 Å². The molecule has 0 spiro atoms. The van der Waals surface area contributed by atoms with Crippen molar-refractivity contribution in [2.75, 3.05) is 13.2 Å². The van der Waals surface area contributed by atoms with Crippen molar-refractivity contribution in [1.29, 1.82) is 0 Å². The summed E-state index contributed by atoms with van der Waals surface area (Å²) < 4.78 is 5.48. The number of hydrogen-bond donors (Lipinski definition) is 1. The molecule has 1 N–H and O–H groups in total. The topological polar surface area (TPSA) is 64.1 Å². The fourth-order valence-corrected chi connectivity index (χ4v) is 2.47. The van der Waals surface area contributed by atoms with E-state index in [4.69, 9.17) is 4.74 Å². The number of nitrogens with one attached hydrogen (secondary N) is 1. The molecular formula is C21H21N3O2. The van der Waals surface area contributed by atoms with E-state index in [0.29, 0.717) is 24.5 Å². The van der Waals surface area contributed by atoms with E-state index in [2.05, 4.69) is 15.3 Å². The zero-order valence-corrected chi connectivity index (χ0v) is 14.7. The molecule has 0 aliphatic heterocycles. The predicted octanol–water partition coefficient (Wildman–Crippen LogP) is 3.19. The average molecular weight is 347 g/mol. The Balaban J connectivity index is 1.42. The largest absolute Gasteiger partial charge is 0.484 e. The van der Waals surface area contributed by atoms with Crippen LogP contribution in [0.1, 0.15) is 11.1 Å². The molecule has 0 saturated carbocycles. The van der Waals surface area contributed by atoms with Crippen LogP contribution in [0.3, 0.4) is 0 Å². The summed E-state index contributed by atoms with van der Waals surface area (Å²) in [4.78, 5) is 20.6. The molecule has 26 heavy (non-hydrogen) atoms. The second kappa shape index (κ2) is 8.76. The van der Waals surface area contributed by atoms with Crippen molar-refractivity contribution in [1.82, 2.24) is 15.3 Å². The van der Waals surface area contributed by atoms with Gasteiger partial charge in [-0.15, -0.1) is 0 Å². The van der Waals surface area contributed by atoms with Gasteiger partial charge in [-0.05, 0) is 36.6 Å². The lowest BCUT2D eigenvalue weighted by Gasteiger charge is -2.08. The quantitative estimate of drug-likeness (QED) is 0.713. The monoisotopic (exact) mass is 347 g/mol. The van der Waals surface area contributed by atoms with Crippen molar-refractivity contribution < 1.29 is 9.53 Å². The van der Waals surface area contributed by atoms with Crippen LogP contribution in [-0.4, -0.2) is 29.0 Å². The van der Waals surface area contributed by atoms with Crippen LogP contribution in [0.15, 0.2) is 67.0 Å². The number of aromatic nitrogens is 2. The Morgan fingerprint density at radius 2 is 1.81 bits per heavy atom. The normalized spacial score (nSPS) is 10.3. The number of amides is 1. The second-order valence-corrected chi connectivity index (χ2v) is 5.99. The summed E-state index contributed by atoms with van der Waals surface area (Å²) in [5.74, 6) is 1.25. The van der Waals surface area contributed by atoms with Gasteiger partial charge in [0.25, 0.3) is 5.91 Å². The number of nitrogens with zero attached hydrogens (tertiary/aromatic N) is 2. The minimum absolute atomic E-state index is 0.00684. The molecule has 0 unspecified atom stereocenters. The van der Waals surface area contributed by atoms with E-state index in [9.17, 15) is 4.79 Å². The van der Waals surface area contributed by atoms with E-state index in [1.807, 2.05) is 61.5 Å². The lowest BCUT2D eigenvalue weighted by molar-refractivity contribution is -0.123. The first-order chi connectivity index (χ1) is 12.7. The van der Waals surface area contributed by atoms with Gasteiger partial charge in [0.2, 0.25) is 0 Å². The molecule has 5 heteroatoms. The zero-order chi connectivity index (χ0) is 18.2. The molecule has 3 rings (SSSR count). The summed E-state index contributed by atoms with van der Waals surface area (Å²) in [6.45, 7) is 2.51. The molecule has 3 aromatic rings. The summed E-state index contributed by atoms with van der Waals surface area (Å²) in [6.07, 6.45) is 4.26. The van der Waals surface area contributed by atoms with Crippen molar-refractivity contribution >= 4 is 5.91 Å². The van der Waals surface area contributed by atoms with Gasteiger partial charge in [0.05, 0.1) is 0 Å². The predicted molar refractivity (Wildman–Crippen MR) is 101 cm³/mol. The Morgan fingerprint density at radius 1 is 1.04 bits per heavy atom. The molecule has 5 nitrogen and oxygen atoms in total. The third-order valence-electron chi connectivity index (χ3n) is 3.83. The van der Waals surface area contributed by atoms with Gasteiger partial charge in [0.15, 0.2) is 12.4 Å². The maximum atomic E-state index is 11.9. The van der Waals surface area contributed by atoms with Crippen LogP contribution in [-0.2, 0) is 11.2 Å². The third-order valence-corrected chi connectivity index (χ3v) is 3.83. The molecule has 0 bridgehead atoms. The number of rotatable bonds is 7. The first kappa shape index (κ1) is 17.6. The van der Waals surface area contributed by atoms with Crippen LogP contribution in [0.25, 0.3) is 11.4 Å². The van der Waals surface area contributed by atoms with E-state index in [-0.39, 0.29) is 12.5 Å². The zero-order valence-electron chi connectivity index (χ0n) is 14.7. The van der Waals surface area contributed by atoms with Crippen molar-refractivity contribution in [3.63, 3.8) is 0 Å². The SMILES string of the molecule is Cc1cccc(OCC(=O)NCCc2cnc(-c3ccccc3)nc2)c1. The summed E-state index contributed by atoms with van der Waals surface area (Å²) in [5, 5.41) is 2.84. The lowest BCUT2D eigenvalue weighted by atomic mass is 10.2. The standard InChI is InChI=1S/C21H21N3O2/c1-16-6-5-9-19(12-16)26-15-20(25)22-11-10-17-13-23-21(24-14-17)18-7-3-2-4-8-18/h2-9,12-14H,10-11,15H2,1H3,(H,22,25). The van der Waals surface area contributed by atoms with E-state index in [1.165, 1.54) is 0 Å². The Bertz CT molecular complexity index is 849. The number of benzene rings is 2. The highest BCUT2D eigenvalue weighted by Crippen LogP contribution is 2.13. The molecule has 1 amide bonds. The van der Waals surface area contributed by atoms with E-state index in [0.717, 1.165) is 16.7 Å². The summed E-state index contributed by atoms with van der Waals surface area (Å²) in [7, 11) is 0. The fourth-order valence-electron chi connectivity index (χ4n) is 2.47. The number of carbonyl (C=O) groups excluding carboxylic acids is 1. The van der Waals surface area contributed by atoms with E-state index in [1.54, 1.807) is 12.4 Å². The summed E-state index contributed by atoms with van der Waals surface area (Å²) >= 11 is 0. The second-order valence-electron chi connectivity index (χ2n) is 5.99. The van der Waals surface area contributed by atoms with Crippen molar-refractivity contribution in [2.24, 2.45) is 0 Å². The molecule has 0 fully saturated rings. The third kappa shape index (κ3) is 5.14. The molecule has 0 aliphatic rings. The van der Waals surface area contributed by atoms with Gasteiger partial charge in [-0.2, -0.15) is 0 Å². The highest BCUT2D eigenvalue weighted by Gasteiger charge is 2.04. The van der Waals surface area contributed by atoms with Crippen molar-refractivity contribution in [2.45, 2.75) is 13.3 Å². The summed E-state index contributed by atoms with van der Waals surface area (Å²) in [5.41, 5.74) is 3.06. The van der Waals surface area contributed by atoms with Gasteiger partial charge in [-0.3, -0.25) is 4.79 Å². The van der Waals surface area contributed by atoms with E-state index >= 15 is 0 Å². The van der Waals surface area contributed by atoms with Crippen LogP contribution < -0.4 is 10.1 Å². The van der Waals surface area contributed by atoms with Gasteiger partial charge in [0, 0.05) is 24.5 Å². The highest BCUT2D eigenvalue weighted by atomic mass is 16.5. The van der Waals surface area contributed by atoms with Gasteiger partial charge < -0.3 is 10.1 Å². The first-order valence-electron chi connectivity index (χ1n) is 8.53. The van der Waals surface area contributed by atoms with Gasteiger partial charge >= 0.3 is 0 Å². The minimum Gasteiger partial charge on any atom is -0.484 e. The number of hydrogen-bond acceptors (Lipinski definition) is 4. The molecule has 132 valence electrons. The van der Waals surface area contributed by atoms with Crippen LogP contribution in [0.5, 0.6) is 5.75 Å². The van der Waals surface area contributed by atoms with Crippen LogP contribution in [0.4, 0.5) is 0 Å². The molecule has 1 heterocycles. The number of carbonyl (C=O) groups is 1. The molecule has 2 aromatic carbocycles. The smallest absolute Gasteiger partial charge is 0.257 e. The number of ether oxygens (including phenoxy) is 1.